The number of hydrogen-bond acceptors (Lipinski definition) is 1. The third kappa shape index (κ3) is 3.57. The zero-order chi connectivity index (χ0) is 18.1. The first-order valence-corrected chi connectivity index (χ1v) is 8.96. The van der Waals surface area contributed by atoms with Gasteiger partial charge in [-0.1, -0.05) is 37.5 Å². The van der Waals surface area contributed by atoms with E-state index in [1.165, 1.54) is 49.8 Å². The number of alkyl halides is 3. The minimum Gasteiger partial charge on any atom is -0.406 e. The minimum atomic E-state index is -4.68. The first-order chi connectivity index (χ1) is 12.5. The van der Waals surface area contributed by atoms with Crippen LogP contribution in [0.4, 0.5) is 13.2 Å². The van der Waals surface area contributed by atoms with E-state index >= 15 is 0 Å². The van der Waals surface area contributed by atoms with Crippen molar-refractivity contribution in [2.75, 3.05) is 0 Å². The number of aromatic nitrogens is 1. The summed E-state index contributed by atoms with van der Waals surface area (Å²) in [6.45, 7) is 0. The molecule has 0 unspecified atom stereocenters. The largest absolute Gasteiger partial charge is 0.573 e. The van der Waals surface area contributed by atoms with Crippen LogP contribution in [0.5, 0.6) is 5.75 Å². The van der Waals surface area contributed by atoms with Gasteiger partial charge in [0.2, 0.25) is 0 Å². The lowest BCUT2D eigenvalue weighted by molar-refractivity contribution is -0.274. The Bertz CT molecular complexity index is 907. The molecule has 136 valence electrons. The molecular weight excluding hydrogens is 339 g/mol. The van der Waals surface area contributed by atoms with Crippen LogP contribution < -0.4 is 4.74 Å². The van der Waals surface area contributed by atoms with E-state index in [0.717, 1.165) is 10.9 Å². The van der Waals surface area contributed by atoms with Crippen molar-refractivity contribution in [3.63, 3.8) is 0 Å². The van der Waals surface area contributed by atoms with Gasteiger partial charge in [0.1, 0.15) is 5.75 Å². The molecule has 1 aliphatic rings. The third-order valence-electron chi connectivity index (χ3n) is 5.09. The van der Waals surface area contributed by atoms with E-state index < -0.39 is 6.36 Å². The maximum absolute atomic E-state index is 12.4. The van der Waals surface area contributed by atoms with Crippen molar-refractivity contribution < 1.29 is 17.9 Å². The second-order valence-electron chi connectivity index (χ2n) is 6.86. The van der Waals surface area contributed by atoms with E-state index in [1.807, 2.05) is 12.1 Å². The predicted molar refractivity (Wildman–Crippen MR) is 96.2 cm³/mol. The molecule has 1 aromatic heterocycles. The third-order valence-corrected chi connectivity index (χ3v) is 5.09. The molecule has 1 heterocycles. The summed E-state index contributed by atoms with van der Waals surface area (Å²) in [6.07, 6.45) is 3.73. The summed E-state index contributed by atoms with van der Waals surface area (Å²) in [5.74, 6) is -0.199. The first kappa shape index (κ1) is 17.0. The second-order valence-corrected chi connectivity index (χ2v) is 6.86. The van der Waals surface area contributed by atoms with Gasteiger partial charge in [0.25, 0.3) is 0 Å². The lowest BCUT2D eigenvalue weighted by Gasteiger charge is -2.24. The number of hydrogen-bond donors (Lipinski definition) is 0. The van der Waals surface area contributed by atoms with Crippen molar-refractivity contribution in [3.05, 3.63) is 54.7 Å². The van der Waals surface area contributed by atoms with Crippen LogP contribution >= 0.6 is 0 Å². The molecule has 0 atom stereocenters. The number of ether oxygens (including phenoxy) is 1. The Morgan fingerprint density at radius 3 is 2.42 bits per heavy atom. The Hall–Kier alpha value is -2.43. The van der Waals surface area contributed by atoms with Gasteiger partial charge in [-0.25, -0.2) is 0 Å². The van der Waals surface area contributed by atoms with Crippen molar-refractivity contribution in [2.45, 2.75) is 44.5 Å². The molecule has 2 nitrogen and oxygen atoms in total. The average molecular weight is 359 g/mol. The van der Waals surface area contributed by atoms with Gasteiger partial charge < -0.3 is 9.30 Å². The van der Waals surface area contributed by atoms with Gasteiger partial charge in [0, 0.05) is 23.1 Å². The average Bonchev–Trinajstić information content (AvgIpc) is 3.04. The second kappa shape index (κ2) is 6.71. The van der Waals surface area contributed by atoms with Crippen LogP contribution in [0.15, 0.2) is 54.7 Å². The molecule has 0 N–H and O–H groups in total. The van der Waals surface area contributed by atoms with Gasteiger partial charge >= 0.3 is 6.36 Å². The number of nitrogens with zero attached hydrogens (tertiary/aromatic N) is 1. The summed E-state index contributed by atoms with van der Waals surface area (Å²) in [5, 5.41) is 1.11. The molecule has 1 aliphatic carbocycles. The molecule has 0 spiro atoms. The highest BCUT2D eigenvalue weighted by atomic mass is 19.4. The lowest BCUT2D eigenvalue weighted by atomic mass is 9.95. The fourth-order valence-corrected chi connectivity index (χ4v) is 3.89. The fourth-order valence-electron chi connectivity index (χ4n) is 3.89. The summed E-state index contributed by atoms with van der Waals surface area (Å²) in [7, 11) is 0. The monoisotopic (exact) mass is 359 g/mol. The molecule has 4 rings (SSSR count). The molecular formula is C21H20F3NO. The van der Waals surface area contributed by atoms with Crippen molar-refractivity contribution in [2.24, 2.45) is 0 Å². The van der Waals surface area contributed by atoms with Crippen molar-refractivity contribution in [1.29, 1.82) is 0 Å². The number of halogens is 3. The maximum atomic E-state index is 12.4. The SMILES string of the molecule is FC(F)(F)Oc1cccc(-c2ccc3c(ccn3C3CCCCC3)c2)c1. The highest BCUT2D eigenvalue weighted by molar-refractivity contribution is 5.86. The topological polar surface area (TPSA) is 14.2 Å². The predicted octanol–water partition coefficient (Wildman–Crippen LogP) is 6.71. The molecule has 5 heteroatoms. The molecule has 0 aliphatic heterocycles. The Balaban J connectivity index is 1.65. The molecule has 3 aromatic rings. The van der Waals surface area contributed by atoms with Crippen LogP contribution in [0, 0.1) is 0 Å². The molecule has 0 saturated heterocycles. The molecule has 0 amide bonds. The molecule has 0 radical (unpaired) electrons. The van der Waals surface area contributed by atoms with Gasteiger partial charge in [-0.15, -0.1) is 13.2 Å². The summed E-state index contributed by atoms with van der Waals surface area (Å²) in [6, 6.07) is 14.8. The first-order valence-electron chi connectivity index (χ1n) is 8.96. The van der Waals surface area contributed by atoms with Gasteiger partial charge in [0.05, 0.1) is 0 Å². The number of rotatable bonds is 3. The van der Waals surface area contributed by atoms with E-state index in [1.54, 1.807) is 12.1 Å². The fraction of sp³-hybridized carbons (Fsp3) is 0.333. The van der Waals surface area contributed by atoms with E-state index in [9.17, 15) is 13.2 Å². The Labute approximate surface area is 150 Å². The van der Waals surface area contributed by atoms with Crippen molar-refractivity contribution in [1.82, 2.24) is 4.57 Å². The Kier molecular flexibility index (Phi) is 4.39. The summed E-state index contributed by atoms with van der Waals surface area (Å²) in [4.78, 5) is 0. The van der Waals surface area contributed by atoms with E-state index in [4.69, 9.17) is 0 Å². The smallest absolute Gasteiger partial charge is 0.406 e. The molecule has 0 bridgehead atoms. The maximum Gasteiger partial charge on any atom is 0.573 e. The van der Waals surface area contributed by atoms with Gasteiger partial charge in [-0.3, -0.25) is 0 Å². The minimum absolute atomic E-state index is 0.199. The zero-order valence-electron chi connectivity index (χ0n) is 14.3. The highest BCUT2D eigenvalue weighted by Crippen LogP contribution is 2.34. The number of benzene rings is 2. The Morgan fingerprint density at radius 1 is 0.885 bits per heavy atom. The van der Waals surface area contributed by atoms with E-state index in [2.05, 4.69) is 27.6 Å². The van der Waals surface area contributed by atoms with Gasteiger partial charge in [-0.05, 0) is 54.3 Å². The van der Waals surface area contributed by atoms with Crippen molar-refractivity contribution in [3.8, 4) is 16.9 Å². The zero-order valence-corrected chi connectivity index (χ0v) is 14.3. The van der Waals surface area contributed by atoms with Crippen LogP contribution in [-0.2, 0) is 0 Å². The van der Waals surface area contributed by atoms with Crippen molar-refractivity contribution >= 4 is 10.9 Å². The summed E-state index contributed by atoms with van der Waals surface area (Å²) >= 11 is 0. The molecule has 26 heavy (non-hydrogen) atoms. The van der Waals surface area contributed by atoms with Crippen LogP contribution in [0.2, 0.25) is 0 Å². The normalized spacial score (nSPS) is 16.1. The summed E-state index contributed by atoms with van der Waals surface area (Å²) in [5.41, 5.74) is 2.77. The van der Waals surface area contributed by atoms with Crippen LogP contribution in [0.25, 0.3) is 22.0 Å². The van der Waals surface area contributed by atoms with Crippen LogP contribution in [-0.4, -0.2) is 10.9 Å². The number of fused-ring (bicyclic) bond motifs is 1. The van der Waals surface area contributed by atoms with E-state index in [0.29, 0.717) is 11.6 Å². The quantitative estimate of drug-likeness (QED) is 0.507. The van der Waals surface area contributed by atoms with Gasteiger partial charge in [0.15, 0.2) is 0 Å². The molecule has 2 aromatic carbocycles. The lowest BCUT2D eigenvalue weighted by Crippen LogP contribution is -2.17. The van der Waals surface area contributed by atoms with Gasteiger partial charge in [-0.2, -0.15) is 0 Å². The van der Waals surface area contributed by atoms with E-state index in [-0.39, 0.29) is 5.75 Å². The Morgan fingerprint density at radius 2 is 1.65 bits per heavy atom. The molecule has 1 fully saturated rings. The van der Waals surface area contributed by atoms with Crippen LogP contribution in [0.3, 0.4) is 0 Å². The van der Waals surface area contributed by atoms with Crippen LogP contribution in [0.1, 0.15) is 38.1 Å². The molecule has 1 saturated carbocycles. The highest BCUT2D eigenvalue weighted by Gasteiger charge is 2.31. The standard InChI is InChI=1S/C21H20F3NO/c22-21(23,24)26-19-8-4-5-15(14-19)16-9-10-20-17(13-16)11-12-25(20)18-6-2-1-3-7-18/h4-5,8-14,18H,1-3,6-7H2. The summed E-state index contributed by atoms with van der Waals surface area (Å²) < 4.78 is 43.7.